The fourth-order valence-corrected chi connectivity index (χ4v) is 2.71. The van der Waals surface area contributed by atoms with Gasteiger partial charge >= 0.3 is 0 Å². The molecule has 2 aromatic heterocycles. The molecule has 106 valence electrons. The standard InChI is InChI=1S/C14H18N4O2/c1-10-2-13(20-17-10)3-12-7-18(8-14(12)19)6-11-4-15-9-16-5-11/h2,4-5,9,12,14,19H,3,6-8H2,1H3/t12-,14-/m1/s1. The van der Waals surface area contributed by atoms with Crippen molar-refractivity contribution in [3.05, 3.63) is 41.8 Å². The fraction of sp³-hybridized carbons (Fsp3) is 0.500. The third-order valence-corrected chi connectivity index (χ3v) is 3.64. The molecular formula is C14H18N4O2. The van der Waals surface area contributed by atoms with Crippen LogP contribution in [0, 0.1) is 12.8 Å². The molecule has 0 spiro atoms. The minimum atomic E-state index is -0.329. The van der Waals surface area contributed by atoms with Crippen LogP contribution in [-0.2, 0) is 13.0 Å². The van der Waals surface area contributed by atoms with Gasteiger partial charge in [-0.2, -0.15) is 0 Å². The SMILES string of the molecule is Cc1cc(C[C@@H]2CN(Cc3cncnc3)C[C@H]2O)on1. The van der Waals surface area contributed by atoms with Gasteiger partial charge in [-0.3, -0.25) is 4.90 Å². The Morgan fingerprint density at radius 3 is 2.85 bits per heavy atom. The summed E-state index contributed by atoms with van der Waals surface area (Å²) < 4.78 is 5.23. The van der Waals surface area contributed by atoms with E-state index in [-0.39, 0.29) is 12.0 Å². The summed E-state index contributed by atoms with van der Waals surface area (Å²) in [6.45, 7) is 4.19. The summed E-state index contributed by atoms with van der Waals surface area (Å²) in [4.78, 5) is 10.2. The van der Waals surface area contributed by atoms with E-state index in [0.717, 1.165) is 36.5 Å². The Kier molecular flexibility index (Phi) is 3.75. The van der Waals surface area contributed by atoms with Gasteiger partial charge in [-0.15, -0.1) is 0 Å². The number of aryl methyl sites for hydroxylation is 1. The first-order valence-corrected chi connectivity index (χ1v) is 6.77. The van der Waals surface area contributed by atoms with Crippen molar-refractivity contribution in [2.24, 2.45) is 5.92 Å². The normalized spacial score (nSPS) is 23.3. The van der Waals surface area contributed by atoms with Crippen LogP contribution in [0.15, 0.2) is 29.3 Å². The van der Waals surface area contributed by atoms with Crippen LogP contribution in [0.2, 0.25) is 0 Å². The number of rotatable bonds is 4. The molecule has 0 saturated carbocycles. The summed E-state index contributed by atoms with van der Waals surface area (Å²) in [5.41, 5.74) is 1.95. The largest absolute Gasteiger partial charge is 0.391 e. The van der Waals surface area contributed by atoms with E-state index in [9.17, 15) is 5.11 Å². The lowest BCUT2D eigenvalue weighted by atomic mass is 10.0. The Morgan fingerprint density at radius 1 is 1.35 bits per heavy atom. The first kappa shape index (κ1) is 13.2. The monoisotopic (exact) mass is 274 g/mol. The lowest BCUT2D eigenvalue weighted by Crippen LogP contribution is -2.21. The number of likely N-dealkylation sites (tertiary alicyclic amines) is 1. The van der Waals surface area contributed by atoms with Crippen LogP contribution in [0.25, 0.3) is 0 Å². The van der Waals surface area contributed by atoms with Crippen LogP contribution in [0.4, 0.5) is 0 Å². The lowest BCUT2D eigenvalue weighted by molar-refractivity contribution is 0.137. The predicted molar refractivity (Wildman–Crippen MR) is 71.7 cm³/mol. The summed E-state index contributed by atoms with van der Waals surface area (Å²) in [5, 5.41) is 14.1. The molecule has 0 bridgehead atoms. The molecule has 1 aliphatic heterocycles. The van der Waals surface area contributed by atoms with Crippen LogP contribution in [-0.4, -0.2) is 44.3 Å². The third kappa shape index (κ3) is 3.02. The number of aromatic nitrogens is 3. The van der Waals surface area contributed by atoms with Gasteiger partial charge in [0.1, 0.15) is 12.1 Å². The zero-order chi connectivity index (χ0) is 13.9. The topological polar surface area (TPSA) is 75.3 Å². The van der Waals surface area contributed by atoms with Gasteiger partial charge in [0.15, 0.2) is 0 Å². The van der Waals surface area contributed by atoms with Crippen molar-refractivity contribution in [3.63, 3.8) is 0 Å². The van der Waals surface area contributed by atoms with Gasteiger partial charge in [-0.1, -0.05) is 5.16 Å². The Hall–Kier alpha value is -1.79. The van der Waals surface area contributed by atoms with E-state index in [0.29, 0.717) is 6.54 Å². The molecule has 6 heteroatoms. The highest BCUT2D eigenvalue weighted by Crippen LogP contribution is 2.23. The number of aliphatic hydroxyl groups is 1. The summed E-state index contributed by atoms with van der Waals surface area (Å²) in [6, 6.07) is 1.93. The molecular weight excluding hydrogens is 256 g/mol. The van der Waals surface area contributed by atoms with E-state index in [1.54, 1.807) is 0 Å². The van der Waals surface area contributed by atoms with Gasteiger partial charge in [0.25, 0.3) is 0 Å². The van der Waals surface area contributed by atoms with E-state index < -0.39 is 0 Å². The molecule has 0 radical (unpaired) electrons. The van der Waals surface area contributed by atoms with Crippen molar-refractivity contribution in [3.8, 4) is 0 Å². The molecule has 0 unspecified atom stereocenters. The summed E-state index contributed by atoms with van der Waals surface area (Å²) in [7, 11) is 0. The first-order valence-electron chi connectivity index (χ1n) is 6.77. The van der Waals surface area contributed by atoms with Gasteiger partial charge in [0, 0.05) is 56.0 Å². The molecule has 3 heterocycles. The Balaban J connectivity index is 1.59. The van der Waals surface area contributed by atoms with Crippen molar-refractivity contribution >= 4 is 0 Å². The highest BCUT2D eigenvalue weighted by molar-refractivity contribution is 5.07. The first-order chi connectivity index (χ1) is 9.70. The van der Waals surface area contributed by atoms with Crippen LogP contribution in [0.3, 0.4) is 0 Å². The molecule has 2 atom stereocenters. The second-order valence-corrected chi connectivity index (χ2v) is 5.41. The lowest BCUT2D eigenvalue weighted by Gasteiger charge is -2.14. The quantitative estimate of drug-likeness (QED) is 0.889. The van der Waals surface area contributed by atoms with Crippen molar-refractivity contribution in [2.75, 3.05) is 13.1 Å². The van der Waals surface area contributed by atoms with Crippen molar-refractivity contribution < 1.29 is 9.63 Å². The maximum atomic E-state index is 10.2. The van der Waals surface area contributed by atoms with Crippen molar-refractivity contribution in [1.82, 2.24) is 20.0 Å². The van der Waals surface area contributed by atoms with Gasteiger partial charge < -0.3 is 9.63 Å². The molecule has 0 aromatic carbocycles. The fourth-order valence-electron chi connectivity index (χ4n) is 2.71. The average Bonchev–Trinajstić information content (AvgIpc) is 2.98. The molecule has 0 amide bonds. The van der Waals surface area contributed by atoms with Crippen molar-refractivity contribution in [2.45, 2.75) is 26.0 Å². The molecule has 1 N–H and O–H groups in total. The highest BCUT2D eigenvalue weighted by Gasteiger charge is 2.32. The molecule has 20 heavy (non-hydrogen) atoms. The summed E-state index contributed by atoms with van der Waals surface area (Å²) >= 11 is 0. The average molecular weight is 274 g/mol. The number of nitrogens with zero attached hydrogens (tertiary/aromatic N) is 4. The van der Waals surface area contributed by atoms with Crippen molar-refractivity contribution in [1.29, 1.82) is 0 Å². The maximum Gasteiger partial charge on any atom is 0.137 e. The maximum absolute atomic E-state index is 10.2. The zero-order valence-corrected chi connectivity index (χ0v) is 11.4. The summed E-state index contributed by atoms with van der Waals surface area (Å²) in [6.07, 6.45) is 5.55. The number of β-amino-alcohol motifs (C(OH)–C–C–N with tert-alkyl or cyclic N) is 1. The second-order valence-electron chi connectivity index (χ2n) is 5.41. The van der Waals surface area contributed by atoms with Gasteiger partial charge in [0.05, 0.1) is 11.8 Å². The second kappa shape index (κ2) is 5.68. The third-order valence-electron chi connectivity index (χ3n) is 3.64. The molecule has 1 aliphatic rings. The minimum Gasteiger partial charge on any atom is -0.391 e. The Bertz CT molecular complexity index is 557. The van der Waals surface area contributed by atoms with Crippen LogP contribution < -0.4 is 0 Å². The molecule has 3 rings (SSSR count). The van der Waals surface area contributed by atoms with E-state index in [2.05, 4.69) is 20.0 Å². The Labute approximate surface area is 117 Å². The molecule has 1 fully saturated rings. The van der Waals surface area contributed by atoms with Gasteiger partial charge in [-0.05, 0) is 6.92 Å². The highest BCUT2D eigenvalue weighted by atomic mass is 16.5. The molecule has 0 aliphatic carbocycles. The van der Waals surface area contributed by atoms with E-state index >= 15 is 0 Å². The molecule has 2 aromatic rings. The number of hydrogen-bond acceptors (Lipinski definition) is 6. The van der Waals surface area contributed by atoms with E-state index in [1.807, 2.05) is 25.4 Å². The van der Waals surface area contributed by atoms with Crippen LogP contribution in [0.1, 0.15) is 17.0 Å². The molecule has 1 saturated heterocycles. The van der Waals surface area contributed by atoms with E-state index in [4.69, 9.17) is 4.52 Å². The smallest absolute Gasteiger partial charge is 0.137 e. The van der Waals surface area contributed by atoms with Crippen LogP contribution >= 0.6 is 0 Å². The summed E-state index contributed by atoms with van der Waals surface area (Å²) in [5.74, 6) is 1.03. The number of aliphatic hydroxyl groups excluding tert-OH is 1. The van der Waals surface area contributed by atoms with Gasteiger partial charge in [0.2, 0.25) is 0 Å². The number of hydrogen-bond donors (Lipinski definition) is 1. The minimum absolute atomic E-state index is 0.187. The zero-order valence-electron chi connectivity index (χ0n) is 11.4. The molecule has 6 nitrogen and oxygen atoms in total. The van der Waals surface area contributed by atoms with E-state index in [1.165, 1.54) is 6.33 Å². The van der Waals surface area contributed by atoms with Gasteiger partial charge in [-0.25, -0.2) is 9.97 Å². The predicted octanol–water partition coefficient (Wildman–Crippen LogP) is 0.808. The van der Waals surface area contributed by atoms with Crippen LogP contribution in [0.5, 0.6) is 0 Å². The Morgan fingerprint density at radius 2 is 2.15 bits per heavy atom.